The van der Waals surface area contributed by atoms with Crippen LogP contribution in [0, 0.1) is 13.8 Å². The molecule has 2 rings (SSSR count). The van der Waals surface area contributed by atoms with Crippen molar-refractivity contribution in [3.63, 3.8) is 0 Å². The summed E-state index contributed by atoms with van der Waals surface area (Å²) in [7, 11) is 0. The number of ether oxygens (including phenoxy) is 1. The number of nitrogens with zero attached hydrogens (tertiary/aromatic N) is 2. The maximum atomic E-state index is 12.0. The van der Waals surface area contributed by atoms with Gasteiger partial charge in [0.1, 0.15) is 5.75 Å². The number of aryl methyl sites for hydroxylation is 2. The average Bonchev–Trinajstić information content (AvgIpc) is 2.91. The minimum atomic E-state index is -0.282. The van der Waals surface area contributed by atoms with E-state index in [9.17, 15) is 4.79 Å². The molecule has 122 valence electrons. The highest BCUT2D eigenvalue weighted by Crippen LogP contribution is 2.27. The first-order valence-electron chi connectivity index (χ1n) is 6.76. The highest BCUT2D eigenvalue weighted by Gasteiger charge is 2.11. The number of carbonyl (C=O) groups excluding carboxylic acids is 1. The van der Waals surface area contributed by atoms with Crippen molar-refractivity contribution < 1.29 is 9.53 Å². The standard InChI is InChI=1S/C15H16ClN3O2S2/c1-4-5-22-15-19-18-14(23-15)17-12(20)8-21-13-9(2)6-11(16)7-10(13)3/h4,6-7H,1,5,8H2,2-3H3,(H,17,18,20). The normalized spacial score (nSPS) is 10.4. The smallest absolute Gasteiger partial charge is 0.264 e. The van der Waals surface area contributed by atoms with Crippen LogP contribution in [0.25, 0.3) is 0 Å². The molecule has 1 N–H and O–H groups in total. The summed E-state index contributed by atoms with van der Waals surface area (Å²) in [6.07, 6.45) is 1.79. The summed E-state index contributed by atoms with van der Waals surface area (Å²) >= 11 is 8.81. The van der Waals surface area contributed by atoms with Gasteiger partial charge in [-0.2, -0.15) is 0 Å². The van der Waals surface area contributed by atoms with Crippen molar-refractivity contribution in [2.45, 2.75) is 18.2 Å². The second-order valence-corrected chi connectivity index (χ2v) is 7.36. The monoisotopic (exact) mass is 369 g/mol. The van der Waals surface area contributed by atoms with Crippen LogP contribution in [0.1, 0.15) is 11.1 Å². The third kappa shape index (κ3) is 5.23. The van der Waals surface area contributed by atoms with Gasteiger partial charge in [-0.3, -0.25) is 10.1 Å². The molecule has 1 heterocycles. The number of halogens is 1. The summed E-state index contributed by atoms with van der Waals surface area (Å²) in [5, 5.41) is 11.7. The van der Waals surface area contributed by atoms with Crippen LogP contribution < -0.4 is 10.1 Å². The molecule has 0 atom stereocenters. The van der Waals surface area contributed by atoms with E-state index in [4.69, 9.17) is 16.3 Å². The van der Waals surface area contributed by atoms with Crippen molar-refractivity contribution in [2.24, 2.45) is 0 Å². The second kappa shape index (κ2) is 8.33. The molecule has 0 spiro atoms. The fourth-order valence-electron chi connectivity index (χ4n) is 1.87. The number of rotatable bonds is 7. The van der Waals surface area contributed by atoms with E-state index in [2.05, 4.69) is 22.1 Å². The molecule has 0 saturated heterocycles. The number of nitrogens with one attached hydrogen (secondary N) is 1. The highest BCUT2D eigenvalue weighted by atomic mass is 35.5. The van der Waals surface area contributed by atoms with E-state index in [0.717, 1.165) is 21.2 Å². The number of amides is 1. The van der Waals surface area contributed by atoms with E-state index >= 15 is 0 Å². The topological polar surface area (TPSA) is 64.1 Å². The Hall–Kier alpha value is -1.57. The SMILES string of the molecule is C=CCSc1nnc(NC(=O)COc2c(C)cc(Cl)cc2C)s1. The molecule has 0 bridgehead atoms. The number of hydrogen-bond acceptors (Lipinski definition) is 6. The lowest BCUT2D eigenvalue weighted by atomic mass is 10.1. The lowest BCUT2D eigenvalue weighted by molar-refractivity contribution is -0.118. The van der Waals surface area contributed by atoms with Gasteiger partial charge < -0.3 is 4.74 Å². The quantitative estimate of drug-likeness (QED) is 0.452. The molecule has 0 radical (unpaired) electrons. The van der Waals surface area contributed by atoms with Gasteiger partial charge in [-0.05, 0) is 37.1 Å². The van der Waals surface area contributed by atoms with Crippen molar-refractivity contribution in [1.29, 1.82) is 0 Å². The fourth-order valence-corrected chi connectivity index (χ4v) is 3.72. The Labute approximate surface area is 148 Å². The summed E-state index contributed by atoms with van der Waals surface area (Å²) in [6.45, 7) is 7.32. The van der Waals surface area contributed by atoms with Gasteiger partial charge in [-0.25, -0.2) is 0 Å². The van der Waals surface area contributed by atoms with Crippen LogP contribution in [0.3, 0.4) is 0 Å². The first kappa shape index (κ1) is 17.8. The largest absolute Gasteiger partial charge is 0.483 e. The zero-order valence-corrected chi connectivity index (χ0v) is 15.1. The number of hydrogen-bond donors (Lipinski definition) is 1. The number of aromatic nitrogens is 2. The summed E-state index contributed by atoms with van der Waals surface area (Å²) in [4.78, 5) is 12.0. The summed E-state index contributed by atoms with van der Waals surface area (Å²) in [6, 6.07) is 3.60. The molecule has 0 fully saturated rings. The predicted octanol–water partition coefficient (Wildman–Crippen LogP) is 4.10. The number of thioether (sulfide) groups is 1. The predicted molar refractivity (Wildman–Crippen MR) is 95.9 cm³/mol. The molecular weight excluding hydrogens is 354 g/mol. The van der Waals surface area contributed by atoms with Gasteiger partial charge in [0.2, 0.25) is 5.13 Å². The molecule has 0 saturated carbocycles. The fraction of sp³-hybridized carbons (Fsp3) is 0.267. The van der Waals surface area contributed by atoms with Crippen LogP contribution in [0.2, 0.25) is 5.02 Å². The van der Waals surface area contributed by atoms with E-state index < -0.39 is 0 Å². The van der Waals surface area contributed by atoms with E-state index in [1.54, 1.807) is 18.2 Å². The molecule has 0 aliphatic rings. The van der Waals surface area contributed by atoms with Gasteiger partial charge in [-0.1, -0.05) is 40.8 Å². The highest BCUT2D eigenvalue weighted by molar-refractivity contribution is 8.01. The van der Waals surface area contributed by atoms with Gasteiger partial charge in [0.15, 0.2) is 10.9 Å². The van der Waals surface area contributed by atoms with Crippen molar-refractivity contribution in [3.05, 3.63) is 40.9 Å². The van der Waals surface area contributed by atoms with Crippen molar-refractivity contribution in [2.75, 3.05) is 17.7 Å². The first-order valence-corrected chi connectivity index (χ1v) is 8.94. The first-order chi connectivity index (χ1) is 11.0. The molecule has 23 heavy (non-hydrogen) atoms. The third-order valence-corrected chi connectivity index (χ3v) is 4.94. The van der Waals surface area contributed by atoms with Crippen molar-refractivity contribution in [3.8, 4) is 5.75 Å². The molecule has 0 aliphatic carbocycles. The maximum absolute atomic E-state index is 12.0. The minimum absolute atomic E-state index is 0.0992. The second-order valence-electron chi connectivity index (χ2n) is 4.68. The molecule has 1 amide bonds. The Morgan fingerprint density at radius 3 is 2.78 bits per heavy atom. The van der Waals surface area contributed by atoms with E-state index in [1.165, 1.54) is 23.1 Å². The van der Waals surface area contributed by atoms with Crippen LogP contribution in [0.15, 0.2) is 29.1 Å². The Kier molecular flexibility index (Phi) is 6.44. The number of anilines is 1. The summed E-state index contributed by atoms with van der Waals surface area (Å²) in [5.41, 5.74) is 1.78. The maximum Gasteiger partial charge on any atom is 0.264 e. The molecule has 5 nitrogen and oxygen atoms in total. The van der Waals surface area contributed by atoms with E-state index in [-0.39, 0.29) is 12.5 Å². The lowest BCUT2D eigenvalue weighted by Gasteiger charge is -2.12. The molecule has 0 unspecified atom stereocenters. The summed E-state index contributed by atoms with van der Waals surface area (Å²) < 4.78 is 6.38. The zero-order chi connectivity index (χ0) is 16.8. The van der Waals surface area contributed by atoms with Crippen LogP contribution in [0.5, 0.6) is 5.75 Å². The zero-order valence-electron chi connectivity index (χ0n) is 12.8. The van der Waals surface area contributed by atoms with E-state index in [1.807, 2.05) is 13.8 Å². The Morgan fingerprint density at radius 2 is 2.13 bits per heavy atom. The van der Waals surface area contributed by atoms with Crippen molar-refractivity contribution in [1.82, 2.24) is 10.2 Å². The van der Waals surface area contributed by atoms with Gasteiger partial charge >= 0.3 is 0 Å². The Bertz CT molecular complexity index is 695. The third-order valence-electron chi connectivity index (χ3n) is 2.75. The van der Waals surface area contributed by atoms with Gasteiger partial charge in [0, 0.05) is 10.8 Å². The van der Waals surface area contributed by atoms with Gasteiger partial charge in [-0.15, -0.1) is 16.8 Å². The summed E-state index contributed by atoms with van der Waals surface area (Å²) in [5.74, 6) is 1.14. The van der Waals surface area contributed by atoms with Crippen LogP contribution in [-0.4, -0.2) is 28.5 Å². The van der Waals surface area contributed by atoms with Gasteiger partial charge in [0.05, 0.1) is 0 Å². The molecule has 2 aromatic rings. The Morgan fingerprint density at radius 1 is 1.43 bits per heavy atom. The molecule has 1 aromatic heterocycles. The molecule has 1 aromatic carbocycles. The lowest BCUT2D eigenvalue weighted by Crippen LogP contribution is -2.20. The molecule has 8 heteroatoms. The van der Waals surface area contributed by atoms with Gasteiger partial charge in [0.25, 0.3) is 5.91 Å². The van der Waals surface area contributed by atoms with Crippen LogP contribution >= 0.6 is 34.7 Å². The minimum Gasteiger partial charge on any atom is -0.483 e. The number of carbonyl (C=O) groups is 1. The Balaban J connectivity index is 1.90. The average molecular weight is 370 g/mol. The molecular formula is C15H16ClN3O2S2. The van der Waals surface area contributed by atoms with Crippen LogP contribution in [0.4, 0.5) is 5.13 Å². The molecule has 0 aliphatic heterocycles. The van der Waals surface area contributed by atoms with Crippen molar-refractivity contribution >= 4 is 45.7 Å². The van der Waals surface area contributed by atoms with E-state index in [0.29, 0.717) is 15.9 Å². The van der Waals surface area contributed by atoms with Crippen LogP contribution in [-0.2, 0) is 4.79 Å². The number of benzene rings is 1.